The maximum atomic E-state index is 9.60. The van der Waals surface area contributed by atoms with Crippen molar-refractivity contribution in [2.24, 2.45) is 0 Å². The van der Waals surface area contributed by atoms with Crippen molar-refractivity contribution in [3.8, 4) is 33.4 Å². The maximum absolute atomic E-state index is 9.60. The van der Waals surface area contributed by atoms with E-state index >= 15 is 0 Å². The van der Waals surface area contributed by atoms with E-state index in [2.05, 4.69) is 217 Å². The van der Waals surface area contributed by atoms with Crippen LogP contribution in [-0.4, -0.2) is 9.52 Å². The summed E-state index contributed by atoms with van der Waals surface area (Å²) < 4.78 is 0.683. The van der Waals surface area contributed by atoms with Gasteiger partial charge in [-0.3, -0.25) is 0 Å². The average Bonchev–Trinajstić information content (AvgIpc) is 3.99. The second-order valence-electron chi connectivity index (χ2n) is 18.9. The molecule has 8 aromatic rings. The van der Waals surface area contributed by atoms with E-state index in [-0.39, 0.29) is 7.25 Å². The fraction of sp³-hybridized carbons (Fsp3) is 0.133. The molecule has 8 aromatic carbocycles. The molecule has 1 heterocycles. The van der Waals surface area contributed by atoms with E-state index in [1.54, 1.807) is 0 Å². The van der Waals surface area contributed by atoms with E-state index in [1.807, 2.05) is 0 Å². The molecule has 1 aliphatic heterocycles. The number of aryl methyl sites for hydroxylation is 6. The third-order valence-electron chi connectivity index (χ3n) is 14.5. The zero-order chi connectivity index (χ0) is 44.1. The van der Waals surface area contributed by atoms with Gasteiger partial charge >= 0.3 is 393 Å². The van der Waals surface area contributed by atoms with Gasteiger partial charge in [0.25, 0.3) is 0 Å². The number of hydrogen-bond donors (Lipinski definition) is 0. The van der Waals surface area contributed by atoms with Gasteiger partial charge in [-0.1, -0.05) is 0 Å². The normalized spacial score (nSPS) is 17.0. The third-order valence-corrected chi connectivity index (χ3v) is 37.0. The van der Waals surface area contributed by atoms with Gasteiger partial charge in [0, 0.05) is 0 Å². The Morgan fingerprint density at radius 2 is 0.859 bits per heavy atom. The summed E-state index contributed by atoms with van der Waals surface area (Å²) in [5.41, 5.74) is 25.0. The van der Waals surface area contributed by atoms with Gasteiger partial charge in [-0.05, 0) is 0 Å². The first-order valence-electron chi connectivity index (χ1n) is 22.7. The van der Waals surface area contributed by atoms with Crippen molar-refractivity contribution < 1.29 is 16.4 Å². The molecule has 313 valence electrons. The van der Waals surface area contributed by atoms with Gasteiger partial charge in [-0.15, -0.1) is 0 Å². The van der Waals surface area contributed by atoms with Crippen LogP contribution in [0.2, 0.25) is 0 Å². The minimum atomic E-state index is -5.97. The van der Waals surface area contributed by atoms with E-state index in [1.165, 1.54) is 125 Å². The fourth-order valence-corrected chi connectivity index (χ4v) is 39.1. The van der Waals surface area contributed by atoms with Crippen LogP contribution in [-0.2, 0) is 16.4 Å². The molecule has 0 amide bonds. The molecule has 0 nitrogen and oxygen atoms in total. The minimum absolute atomic E-state index is 0.273. The van der Waals surface area contributed by atoms with Crippen molar-refractivity contribution in [3.05, 3.63) is 231 Å². The Labute approximate surface area is 389 Å². The van der Waals surface area contributed by atoms with E-state index < -0.39 is 25.9 Å². The number of hydrogen-bond acceptors (Lipinski definition) is 0. The Hall–Kier alpha value is -5.08. The van der Waals surface area contributed by atoms with Crippen LogP contribution in [0.15, 0.2) is 164 Å². The van der Waals surface area contributed by atoms with Crippen molar-refractivity contribution in [1.29, 1.82) is 0 Å². The summed E-state index contributed by atoms with van der Waals surface area (Å²) in [5, 5.41) is 2.89. The van der Waals surface area contributed by atoms with E-state index in [9.17, 15) is 17.0 Å². The van der Waals surface area contributed by atoms with Crippen molar-refractivity contribution in [2.45, 2.75) is 48.8 Å². The first-order valence-corrected chi connectivity index (χ1v) is 34.5. The fourth-order valence-electron chi connectivity index (χ4n) is 12.1. The SMILES string of the molecule is Cc1cc(C)cc(-c2c(C)ccc3c2C=C(c2ccccc2)[CH]3[Zr]([Cl])([Cl])([c]2cccc3c2[SiH2]c2ccccc2-3)[CH]2C(c3ccccc3)=Cc3c2ccc(C)c3-c2cc(C)cc(C)c2)c1. The van der Waals surface area contributed by atoms with Crippen LogP contribution < -0.4 is 13.6 Å². The molecule has 11 rings (SSSR count). The van der Waals surface area contributed by atoms with Gasteiger partial charge in [-0.2, -0.15) is 0 Å². The molecule has 4 heteroatoms. The molecule has 0 fully saturated rings. The summed E-state index contributed by atoms with van der Waals surface area (Å²) in [7, 11) is 18.2. The van der Waals surface area contributed by atoms with Crippen LogP contribution in [0.5, 0.6) is 0 Å². The van der Waals surface area contributed by atoms with E-state index in [0.717, 1.165) is 0 Å². The van der Waals surface area contributed by atoms with Crippen molar-refractivity contribution in [3.63, 3.8) is 0 Å². The van der Waals surface area contributed by atoms with Crippen molar-refractivity contribution in [2.75, 3.05) is 0 Å². The summed E-state index contributed by atoms with van der Waals surface area (Å²) >= 11 is -5.97. The Kier molecular flexibility index (Phi) is 10.1. The predicted molar refractivity (Wildman–Crippen MR) is 277 cm³/mol. The second kappa shape index (κ2) is 15.5. The summed E-state index contributed by atoms with van der Waals surface area (Å²) in [6, 6.07) is 61.4. The second-order valence-corrected chi connectivity index (χ2v) is 41.3. The topological polar surface area (TPSA) is 0 Å². The summed E-state index contributed by atoms with van der Waals surface area (Å²) in [4.78, 5) is 0. The van der Waals surface area contributed by atoms with Gasteiger partial charge in [0.2, 0.25) is 0 Å². The molecule has 2 atom stereocenters. The monoisotopic (exact) mass is 959 g/mol. The zero-order valence-electron chi connectivity index (χ0n) is 37.4. The third kappa shape index (κ3) is 6.47. The van der Waals surface area contributed by atoms with Gasteiger partial charge < -0.3 is 0 Å². The molecule has 0 bridgehead atoms. The summed E-state index contributed by atoms with van der Waals surface area (Å²) in [6.07, 6.45) is 4.97. The quantitative estimate of drug-likeness (QED) is 0.140. The predicted octanol–water partition coefficient (Wildman–Crippen LogP) is 14.2. The summed E-state index contributed by atoms with van der Waals surface area (Å²) in [5.74, 6) is 0. The Balaban J connectivity index is 1.29. The molecule has 0 aromatic heterocycles. The molecule has 2 aliphatic carbocycles. The Morgan fingerprint density at radius 1 is 0.422 bits per heavy atom. The van der Waals surface area contributed by atoms with Gasteiger partial charge in [0.05, 0.1) is 0 Å². The van der Waals surface area contributed by atoms with Crippen LogP contribution in [0.25, 0.3) is 56.7 Å². The number of fused-ring (bicyclic) bond motifs is 5. The molecular weight excluding hydrogens is 911 g/mol. The van der Waals surface area contributed by atoms with Crippen LogP contribution in [0, 0.1) is 41.5 Å². The number of allylic oxidation sites excluding steroid dienone is 2. The standard InChI is InChI=1S/2C24H21.C12H9Si.2ClH.Zr/c2*1-16-11-17(2)13-22(12-16)24-18(3)9-10-20-14-21(15-23(20)24)19-7-5-4-6-8-19;1-3-7-11-9(5-1)10-6-2-4-8-12(10)13-11;;;/h2*4-15H,1-3H3;1-7H,13H2;2*1H;/q;;;;;+2/p-2. The molecular formula is C60H51Cl2SiZr. The van der Waals surface area contributed by atoms with Crippen LogP contribution in [0.4, 0.5) is 0 Å². The molecule has 0 radical (unpaired) electrons. The molecule has 3 aliphatic rings. The molecule has 0 saturated heterocycles. The molecule has 64 heavy (non-hydrogen) atoms. The molecule has 2 unspecified atom stereocenters. The molecule has 0 saturated carbocycles. The summed E-state index contributed by atoms with van der Waals surface area (Å²) in [6.45, 7) is 13.3. The van der Waals surface area contributed by atoms with Gasteiger partial charge in [-0.25, -0.2) is 0 Å². The molecule has 0 spiro atoms. The van der Waals surface area contributed by atoms with Crippen molar-refractivity contribution in [1.82, 2.24) is 0 Å². The average molecular weight is 962 g/mol. The number of benzene rings is 8. The van der Waals surface area contributed by atoms with Crippen LogP contribution in [0.3, 0.4) is 0 Å². The first-order chi connectivity index (χ1) is 30.9. The Morgan fingerprint density at radius 3 is 1.34 bits per heavy atom. The van der Waals surface area contributed by atoms with Crippen LogP contribution >= 0.6 is 17.0 Å². The van der Waals surface area contributed by atoms with E-state index in [0.29, 0.717) is 0 Å². The Bertz CT molecular complexity index is 3090. The van der Waals surface area contributed by atoms with E-state index in [4.69, 9.17) is 0 Å². The van der Waals surface area contributed by atoms with Crippen LogP contribution in [0.1, 0.15) is 74.0 Å². The number of rotatable bonds is 7. The van der Waals surface area contributed by atoms with Gasteiger partial charge in [0.15, 0.2) is 0 Å². The van der Waals surface area contributed by atoms with Crippen molar-refractivity contribution >= 4 is 63.5 Å². The first kappa shape index (κ1) is 41.6. The van der Waals surface area contributed by atoms with Gasteiger partial charge in [0.1, 0.15) is 0 Å². The molecule has 0 N–H and O–H groups in total. The number of halogens is 2. The zero-order valence-corrected chi connectivity index (χ0v) is 42.7.